The van der Waals surface area contributed by atoms with Gasteiger partial charge in [0, 0.05) is 17.7 Å². The Kier molecular flexibility index (Phi) is 2.27. The topological polar surface area (TPSA) is 74.7 Å². The second-order valence-corrected chi connectivity index (χ2v) is 3.73. The molecule has 0 saturated heterocycles. The predicted octanol–water partition coefficient (Wildman–Crippen LogP) is 0.0798. The number of hydrogen-bond acceptors (Lipinski definition) is 3. The number of halogens is 1. The highest BCUT2D eigenvalue weighted by Gasteiger charge is 2.18. The van der Waals surface area contributed by atoms with Gasteiger partial charge >= 0.3 is 15.3 Å². The summed E-state index contributed by atoms with van der Waals surface area (Å²) >= 11 is 0. The molecule has 0 fully saturated rings. The van der Waals surface area contributed by atoms with Crippen molar-refractivity contribution >= 4 is 26.0 Å². The maximum Gasteiger partial charge on any atom is 0.421 e. The third-order valence-electron chi connectivity index (χ3n) is 0.596. The minimum Gasteiger partial charge on any atom is -0.464 e. The second kappa shape index (κ2) is 2.40. The van der Waals surface area contributed by atoms with Gasteiger partial charge in [0.05, 0.1) is 0 Å². The van der Waals surface area contributed by atoms with Crippen LogP contribution in [0.15, 0.2) is 0 Å². The van der Waals surface area contributed by atoms with Gasteiger partial charge in [-0.05, 0) is 0 Å². The highest BCUT2D eigenvalue weighted by molar-refractivity contribution is 8.12. The summed E-state index contributed by atoms with van der Waals surface area (Å²) < 4.78 is 20.2. The van der Waals surface area contributed by atoms with E-state index in [-0.39, 0.29) is 4.31 Å². The van der Waals surface area contributed by atoms with Crippen LogP contribution >= 0.6 is 10.7 Å². The molecular weight excluding hydrogens is 170 g/mol. The van der Waals surface area contributed by atoms with Crippen LogP contribution in [0.3, 0.4) is 0 Å². The van der Waals surface area contributed by atoms with Crippen molar-refractivity contribution < 1.29 is 18.3 Å². The van der Waals surface area contributed by atoms with Gasteiger partial charge in [-0.25, -0.2) is 4.79 Å². The summed E-state index contributed by atoms with van der Waals surface area (Å²) in [6.07, 6.45) is -1.61. The summed E-state index contributed by atoms with van der Waals surface area (Å²) in [6.45, 7) is 0. The predicted molar refractivity (Wildman–Crippen MR) is 30.6 cm³/mol. The molecule has 54 valence electrons. The molecule has 0 aliphatic heterocycles. The molecule has 0 aliphatic carbocycles. The van der Waals surface area contributed by atoms with E-state index in [1.807, 2.05) is 0 Å². The Bertz CT molecular complexity index is 209. The number of rotatable bonds is 1. The molecule has 0 aromatic carbocycles. The lowest BCUT2D eigenvalue weighted by molar-refractivity contribution is 0.179. The number of hydrogen-bond donors (Lipinski definition) is 1. The molecule has 1 N–H and O–H groups in total. The number of carbonyl (C=O) groups is 1. The van der Waals surface area contributed by atoms with Crippen molar-refractivity contribution in [1.82, 2.24) is 4.31 Å². The molecule has 0 rings (SSSR count). The van der Waals surface area contributed by atoms with Gasteiger partial charge in [0.25, 0.3) is 0 Å². The molecule has 0 atom stereocenters. The summed E-state index contributed by atoms with van der Waals surface area (Å²) in [5.74, 6) is 0. The first kappa shape index (κ1) is 8.51. The van der Waals surface area contributed by atoms with Gasteiger partial charge in [-0.2, -0.15) is 12.7 Å². The largest absolute Gasteiger partial charge is 0.464 e. The van der Waals surface area contributed by atoms with Crippen LogP contribution in [0.5, 0.6) is 0 Å². The van der Waals surface area contributed by atoms with E-state index in [1.54, 1.807) is 0 Å². The quantitative estimate of drug-likeness (QED) is 0.570. The van der Waals surface area contributed by atoms with Crippen molar-refractivity contribution in [2.24, 2.45) is 0 Å². The number of amides is 1. The van der Waals surface area contributed by atoms with Gasteiger partial charge in [-0.3, -0.25) is 0 Å². The Morgan fingerprint density at radius 2 is 2.00 bits per heavy atom. The lowest BCUT2D eigenvalue weighted by atomic mass is 11.1. The molecule has 0 unspecified atom stereocenters. The molecule has 7 heteroatoms. The van der Waals surface area contributed by atoms with Crippen molar-refractivity contribution in [3.63, 3.8) is 0 Å². The molecule has 0 aliphatic rings. The highest BCUT2D eigenvalue weighted by atomic mass is 35.7. The lowest BCUT2D eigenvalue weighted by Gasteiger charge is -2.05. The highest BCUT2D eigenvalue weighted by Crippen LogP contribution is 2.01. The van der Waals surface area contributed by atoms with E-state index in [9.17, 15) is 13.2 Å². The Morgan fingerprint density at radius 3 is 2.00 bits per heavy atom. The van der Waals surface area contributed by atoms with E-state index >= 15 is 0 Å². The molecule has 0 spiro atoms. The normalized spacial score (nSPS) is 10.9. The monoisotopic (exact) mass is 173 g/mol. The van der Waals surface area contributed by atoms with Gasteiger partial charge in [0.15, 0.2) is 0 Å². The van der Waals surface area contributed by atoms with Crippen LogP contribution in [0.2, 0.25) is 0 Å². The van der Waals surface area contributed by atoms with Crippen molar-refractivity contribution in [3.8, 4) is 0 Å². The van der Waals surface area contributed by atoms with Crippen molar-refractivity contribution in [1.29, 1.82) is 0 Å². The molecule has 0 saturated carbocycles. The van der Waals surface area contributed by atoms with Crippen LogP contribution in [0.4, 0.5) is 4.79 Å². The zero-order valence-electron chi connectivity index (χ0n) is 4.41. The van der Waals surface area contributed by atoms with E-state index in [4.69, 9.17) is 5.11 Å². The minimum atomic E-state index is -4.10. The molecule has 1 amide bonds. The Morgan fingerprint density at radius 1 is 1.67 bits per heavy atom. The minimum absolute atomic E-state index is 0.00849. The fourth-order valence-corrected chi connectivity index (χ4v) is 0.457. The van der Waals surface area contributed by atoms with E-state index < -0.39 is 15.3 Å². The summed E-state index contributed by atoms with van der Waals surface area (Å²) in [4.78, 5) is 9.81. The van der Waals surface area contributed by atoms with Gasteiger partial charge < -0.3 is 5.11 Å². The van der Waals surface area contributed by atoms with Crippen LogP contribution < -0.4 is 0 Å². The fourth-order valence-electron chi connectivity index (χ4n) is 0.0933. The molecule has 0 aromatic rings. The van der Waals surface area contributed by atoms with Crippen LogP contribution in [-0.2, 0) is 9.24 Å². The molecule has 0 radical (unpaired) electrons. The van der Waals surface area contributed by atoms with Crippen LogP contribution in [0.25, 0.3) is 0 Å². The van der Waals surface area contributed by atoms with E-state index in [1.165, 1.54) is 0 Å². The molecule has 0 heterocycles. The molecule has 9 heavy (non-hydrogen) atoms. The van der Waals surface area contributed by atoms with Crippen molar-refractivity contribution in [2.45, 2.75) is 0 Å². The molecule has 0 aromatic heterocycles. The van der Waals surface area contributed by atoms with Crippen molar-refractivity contribution in [3.05, 3.63) is 0 Å². The molecular formula is C2H4ClNO4S. The summed E-state index contributed by atoms with van der Waals surface area (Å²) in [6, 6.07) is 0. The average Bonchev–Trinajstić information content (AvgIpc) is 1.62. The zero-order valence-corrected chi connectivity index (χ0v) is 5.98. The third kappa shape index (κ3) is 2.52. The van der Waals surface area contributed by atoms with Gasteiger partial charge in [-0.1, -0.05) is 0 Å². The third-order valence-corrected chi connectivity index (χ3v) is 2.03. The Balaban J connectivity index is 4.43. The Hall–Kier alpha value is -0.490. The maximum atomic E-state index is 10.1. The summed E-state index contributed by atoms with van der Waals surface area (Å²) in [7, 11) is 1.34. The maximum absolute atomic E-state index is 10.1. The average molecular weight is 174 g/mol. The van der Waals surface area contributed by atoms with Crippen LogP contribution in [-0.4, -0.2) is 31.0 Å². The first-order valence-electron chi connectivity index (χ1n) is 1.77. The van der Waals surface area contributed by atoms with Crippen LogP contribution in [0, 0.1) is 0 Å². The summed E-state index contributed by atoms with van der Waals surface area (Å²) in [5, 5.41) is 7.98. The van der Waals surface area contributed by atoms with E-state index in [0.29, 0.717) is 0 Å². The van der Waals surface area contributed by atoms with Gasteiger partial charge in [0.1, 0.15) is 0 Å². The smallest absolute Gasteiger partial charge is 0.421 e. The number of nitrogens with zero attached hydrogens (tertiary/aromatic N) is 1. The lowest BCUT2D eigenvalue weighted by Crippen LogP contribution is -2.27. The molecule has 5 nitrogen and oxygen atoms in total. The molecule has 0 bridgehead atoms. The van der Waals surface area contributed by atoms with Gasteiger partial charge in [0.2, 0.25) is 0 Å². The van der Waals surface area contributed by atoms with E-state index in [0.717, 1.165) is 7.05 Å². The number of carboxylic acid groups (broad SMARTS) is 1. The van der Waals surface area contributed by atoms with Crippen molar-refractivity contribution in [2.75, 3.05) is 7.05 Å². The zero-order chi connectivity index (χ0) is 7.65. The first-order valence-corrected chi connectivity index (χ1v) is 4.04. The summed E-state index contributed by atoms with van der Waals surface area (Å²) in [5.41, 5.74) is 0. The first-order chi connectivity index (χ1) is 3.85. The standard InChI is InChI=1S/C2H4ClNO4S/c1-4(2(5)6)9(3,7)8/h1H3,(H,5,6). The van der Waals surface area contributed by atoms with Gasteiger partial charge in [-0.15, -0.1) is 0 Å². The Labute approximate surface area is 56.4 Å². The second-order valence-electron chi connectivity index (χ2n) is 1.19. The fraction of sp³-hybridized carbons (Fsp3) is 0.500. The van der Waals surface area contributed by atoms with Crippen LogP contribution in [0.1, 0.15) is 0 Å². The van der Waals surface area contributed by atoms with E-state index in [2.05, 4.69) is 10.7 Å². The SMILES string of the molecule is CN(C(=O)O)S(=O)(=O)Cl.